The maximum Gasteiger partial charge on any atom is 0.221 e. The summed E-state index contributed by atoms with van der Waals surface area (Å²) in [4.78, 5) is 17.6. The van der Waals surface area contributed by atoms with Gasteiger partial charge in [-0.05, 0) is 46.9 Å². The molecule has 92 valence electrons. The van der Waals surface area contributed by atoms with E-state index in [2.05, 4.69) is 31.9 Å². The standard InChI is InChI=1S/C12H16BrN3O/c13-11-4-9(5-15-6-11)7-16-3-1-2-10(8-16)12(14)17/h4-6,10H,1-3,7-8H2,(H2,14,17). The predicted molar refractivity (Wildman–Crippen MR) is 69.1 cm³/mol. The van der Waals surface area contributed by atoms with Gasteiger partial charge in [-0.15, -0.1) is 0 Å². The number of hydrogen-bond acceptors (Lipinski definition) is 3. The average molecular weight is 298 g/mol. The van der Waals surface area contributed by atoms with Crippen LogP contribution in [-0.4, -0.2) is 28.9 Å². The van der Waals surface area contributed by atoms with E-state index >= 15 is 0 Å². The Morgan fingerprint density at radius 1 is 1.59 bits per heavy atom. The van der Waals surface area contributed by atoms with Crippen LogP contribution in [0.4, 0.5) is 0 Å². The van der Waals surface area contributed by atoms with Crippen molar-refractivity contribution >= 4 is 21.8 Å². The first kappa shape index (κ1) is 12.5. The zero-order chi connectivity index (χ0) is 12.3. The van der Waals surface area contributed by atoms with Crippen LogP contribution in [0, 0.1) is 5.92 Å². The molecule has 5 heteroatoms. The summed E-state index contributed by atoms with van der Waals surface area (Å²) in [6, 6.07) is 2.06. The van der Waals surface area contributed by atoms with Crippen molar-refractivity contribution < 1.29 is 4.79 Å². The molecule has 1 aliphatic rings. The molecule has 0 saturated carbocycles. The Hall–Kier alpha value is -0.940. The van der Waals surface area contributed by atoms with E-state index < -0.39 is 0 Å². The first-order valence-corrected chi connectivity index (χ1v) is 6.55. The van der Waals surface area contributed by atoms with Crippen molar-refractivity contribution in [3.63, 3.8) is 0 Å². The van der Waals surface area contributed by atoms with Gasteiger partial charge in [0.05, 0.1) is 5.92 Å². The van der Waals surface area contributed by atoms with Crippen LogP contribution in [-0.2, 0) is 11.3 Å². The van der Waals surface area contributed by atoms with E-state index in [0.29, 0.717) is 0 Å². The highest BCUT2D eigenvalue weighted by Crippen LogP contribution is 2.19. The number of aromatic nitrogens is 1. The minimum atomic E-state index is -0.179. The van der Waals surface area contributed by atoms with Crippen LogP contribution in [0.25, 0.3) is 0 Å². The van der Waals surface area contributed by atoms with Gasteiger partial charge in [0.25, 0.3) is 0 Å². The lowest BCUT2D eigenvalue weighted by Crippen LogP contribution is -2.40. The fourth-order valence-corrected chi connectivity index (χ4v) is 2.64. The molecular formula is C12H16BrN3O. The number of hydrogen-bond donors (Lipinski definition) is 1. The van der Waals surface area contributed by atoms with E-state index in [9.17, 15) is 4.79 Å². The molecule has 0 radical (unpaired) electrons. The number of primary amides is 1. The minimum Gasteiger partial charge on any atom is -0.369 e. The Bertz CT molecular complexity index is 410. The molecular weight excluding hydrogens is 282 g/mol. The number of nitrogens with two attached hydrogens (primary N) is 1. The van der Waals surface area contributed by atoms with Gasteiger partial charge in [0.1, 0.15) is 0 Å². The number of carbonyl (C=O) groups is 1. The van der Waals surface area contributed by atoms with Gasteiger partial charge in [0, 0.05) is 30.0 Å². The number of piperidine rings is 1. The first-order chi connectivity index (χ1) is 8.15. The Kier molecular flexibility index (Phi) is 4.12. The van der Waals surface area contributed by atoms with Crippen LogP contribution >= 0.6 is 15.9 Å². The van der Waals surface area contributed by atoms with Crippen LogP contribution in [0.5, 0.6) is 0 Å². The van der Waals surface area contributed by atoms with E-state index in [1.54, 1.807) is 6.20 Å². The minimum absolute atomic E-state index is 0.00358. The molecule has 1 saturated heterocycles. The zero-order valence-corrected chi connectivity index (χ0v) is 11.2. The molecule has 17 heavy (non-hydrogen) atoms. The maximum absolute atomic E-state index is 11.2. The van der Waals surface area contributed by atoms with Gasteiger partial charge >= 0.3 is 0 Å². The van der Waals surface area contributed by atoms with Crippen LogP contribution in [0.15, 0.2) is 22.9 Å². The number of nitrogens with zero attached hydrogens (tertiary/aromatic N) is 2. The van der Waals surface area contributed by atoms with Gasteiger partial charge in [-0.25, -0.2) is 0 Å². The average Bonchev–Trinajstić information content (AvgIpc) is 2.29. The summed E-state index contributed by atoms with van der Waals surface area (Å²) in [6.45, 7) is 2.62. The van der Waals surface area contributed by atoms with Crippen LogP contribution in [0.2, 0.25) is 0 Å². The fourth-order valence-electron chi connectivity index (χ4n) is 2.23. The van der Waals surface area contributed by atoms with Gasteiger partial charge in [-0.3, -0.25) is 14.7 Å². The quantitative estimate of drug-likeness (QED) is 0.921. The summed E-state index contributed by atoms with van der Waals surface area (Å²) < 4.78 is 0.985. The third kappa shape index (κ3) is 3.51. The molecule has 1 aromatic rings. The van der Waals surface area contributed by atoms with Gasteiger partial charge < -0.3 is 5.73 Å². The van der Waals surface area contributed by atoms with E-state index in [1.165, 1.54) is 0 Å². The van der Waals surface area contributed by atoms with E-state index in [0.717, 1.165) is 42.5 Å². The predicted octanol–water partition coefficient (Wildman–Crippen LogP) is 1.54. The lowest BCUT2D eigenvalue weighted by atomic mass is 9.97. The van der Waals surface area contributed by atoms with E-state index in [-0.39, 0.29) is 11.8 Å². The molecule has 1 fully saturated rings. The van der Waals surface area contributed by atoms with Crippen molar-refractivity contribution in [3.8, 4) is 0 Å². The SMILES string of the molecule is NC(=O)C1CCCN(Cc2cncc(Br)c2)C1. The Morgan fingerprint density at radius 3 is 3.12 bits per heavy atom. The number of carbonyl (C=O) groups excluding carboxylic acids is 1. The topological polar surface area (TPSA) is 59.2 Å². The van der Waals surface area contributed by atoms with E-state index in [4.69, 9.17) is 5.73 Å². The molecule has 1 aliphatic heterocycles. The molecule has 1 aromatic heterocycles. The summed E-state index contributed by atoms with van der Waals surface area (Å²) in [5.41, 5.74) is 6.52. The molecule has 1 amide bonds. The lowest BCUT2D eigenvalue weighted by molar-refractivity contribution is -0.123. The molecule has 2 rings (SSSR count). The fraction of sp³-hybridized carbons (Fsp3) is 0.500. The number of likely N-dealkylation sites (tertiary alicyclic amines) is 1. The molecule has 4 nitrogen and oxygen atoms in total. The Labute approximate surface area is 109 Å². The van der Waals surface area contributed by atoms with Crippen molar-refractivity contribution in [2.24, 2.45) is 11.7 Å². The van der Waals surface area contributed by atoms with Crippen molar-refractivity contribution in [2.75, 3.05) is 13.1 Å². The summed E-state index contributed by atoms with van der Waals surface area (Å²) in [7, 11) is 0. The normalized spacial score (nSPS) is 21.4. The monoisotopic (exact) mass is 297 g/mol. The van der Waals surface area contributed by atoms with Crippen LogP contribution in [0.3, 0.4) is 0 Å². The van der Waals surface area contributed by atoms with Gasteiger partial charge in [0.2, 0.25) is 5.91 Å². The van der Waals surface area contributed by atoms with Gasteiger partial charge in [-0.1, -0.05) is 0 Å². The Morgan fingerprint density at radius 2 is 2.41 bits per heavy atom. The molecule has 0 spiro atoms. The molecule has 1 atom stereocenters. The molecule has 2 heterocycles. The van der Waals surface area contributed by atoms with Crippen LogP contribution in [0.1, 0.15) is 18.4 Å². The molecule has 0 aliphatic carbocycles. The second-order valence-corrected chi connectivity index (χ2v) is 5.40. The van der Waals surface area contributed by atoms with Crippen molar-refractivity contribution in [1.82, 2.24) is 9.88 Å². The molecule has 2 N–H and O–H groups in total. The van der Waals surface area contributed by atoms with Gasteiger partial charge in [0.15, 0.2) is 0 Å². The molecule has 0 aromatic carbocycles. The third-order valence-corrected chi connectivity index (χ3v) is 3.51. The summed E-state index contributed by atoms with van der Waals surface area (Å²) >= 11 is 3.41. The highest BCUT2D eigenvalue weighted by Gasteiger charge is 2.23. The summed E-state index contributed by atoms with van der Waals surface area (Å²) in [6.07, 6.45) is 5.59. The zero-order valence-electron chi connectivity index (χ0n) is 9.60. The maximum atomic E-state index is 11.2. The highest BCUT2D eigenvalue weighted by molar-refractivity contribution is 9.10. The van der Waals surface area contributed by atoms with Crippen LogP contribution < -0.4 is 5.73 Å². The molecule has 0 bridgehead atoms. The number of pyridine rings is 1. The highest BCUT2D eigenvalue weighted by atomic mass is 79.9. The summed E-state index contributed by atoms with van der Waals surface area (Å²) in [5.74, 6) is -0.175. The lowest BCUT2D eigenvalue weighted by Gasteiger charge is -2.31. The van der Waals surface area contributed by atoms with Crippen molar-refractivity contribution in [2.45, 2.75) is 19.4 Å². The van der Waals surface area contributed by atoms with Gasteiger partial charge in [-0.2, -0.15) is 0 Å². The van der Waals surface area contributed by atoms with E-state index in [1.807, 2.05) is 6.20 Å². The second-order valence-electron chi connectivity index (χ2n) is 4.49. The number of halogens is 1. The number of rotatable bonds is 3. The molecule has 1 unspecified atom stereocenters. The van der Waals surface area contributed by atoms with Crippen molar-refractivity contribution in [3.05, 3.63) is 28.5 Å². The second kappa shape index (κ2) is 5.60. The first-order valence-electron chi connectivity index (χ1n) is 5.76. The smallest absolute Gasteiger partial charge is 0.221 e. The van der Waals surface area contributed by atoms with Crippen molar-refractivity contribution in [1.29, 1.82) is 0 Å². The summed E-state index contributed by atoms with van der Waals surface area (Å²) in [5, 5.41) is 0. The number of amides is 1. The third-order valence-electron chi connectivity index (χ3n) is 3.08. The largest absolute Gasteiger partial charge is 0.369 e. The Balaban J connectivity index is 1.97.